The van der Waals surface area contributed by atoms with Crippen molar-refractivity contribution in [2.75, 3.05) is 13.2 Å². The van der Waals surface area contributed by atoms with E-state index >= 15 is 0 Å². The van der Waals surface area contributed by atoms with Crippen molar-refractivity contribution < 1.29 is 14.3 Å². The van der Waals surface area contributed by atoms with Crippen LogP contribution in [0.5, 0.6) is 5.75 Å². The molecule has 0 radical (unpaired) electrons. The maximum Gasteiger partial charge on any atom is 0.358 e. The predicted molar refractivity (Wildman–Crippen MR) is 140 cm³/mol. The van der Waals surface area contributed by atoms with Crippen molar-refractivity contribution in [1.82, 2.24) is 9.97 Å². The van der Waals surface area contributed by atoms with E-state index in [1.165, 1.54) is 30.2 Å². The van der Waals surface area contributed by atoms with E-state index in [0.717, 1.165) is 43.5 Å². The van der Waals surface area contributed by atoms with Crippen LogP contribution < -0.4 is 4.74 Å². The fourth-order valence-corrected chi connectivity index (χ4v) is 3.86. The third-order valence-corrected chi connectivity index (χ3v) is 6.05. The Morgan fingerprint density at radius 3 is 2.17 bits per heavy atom. The van der Waals surface area contributed by atoms with Gasteiger partial charge in [-0.25, -0.2) is 9.78 Å². The van der Waals surface area contributed by atoms with Crippen molar-refractivity contribution in [3.8, 4) is 5.75 Å². The Balaban J connectivity index is 1.26. The lowest BCUT2D eigenvalue weighted by atomic mass is 9.88. The molecule has 0 amide bonds. The molecule has 35 heavy (non-hydrogen) atoms. The summed E-state index contributed by atoms with van der Waals surface area (Å²) in [6, 6.07) is 19.2. The Hall–Kier alpha value is -3.21. The standard InChI is InChI=1S/C30H38N2O3/c1-24-21-32-28(22-31-24)29(33)35-23-30(2,3)19-9-10-20-34-27-17-15-26(16-18-27)14-8-7-13-25-11-5-4-6-12-25/h4-6,11-12,15-18,21-22H,7-10,13-14,19-20,23H2,1-3H3. The van der Waals surface area contributed by atoms with Crippen LogP contribution in [0, 0.1) is 12.3 Å². The fraction of sp³-hybridized carbons (Fsp3) is 0.433. The summed E-state index contributed by atoms with van der Waals surface area (Å²) < 4.78 is 11.4. The number of ether oxygens (including phenoxy) is 2. The van der Waals surface area contributed by atoms with E-state index in [1.807, 2.05) is 6.92 Å². The Morgan fingerprint density at radius 1 is 0.829 bits per heavy atom. The van der Waals surface area contributed by atoms with Crippen LogP contribution >= 0.6 is 0 Å². The zero-order valence-electron chi connectivity index (χ0n) is 21.3. The summed E-state index contributed by atoms with van der Waals surface area (Å²) in [4.78, 5) is 20.3. The van der Waals surface area contributed by atoms with Gasteiger partial charge in [0.15, 0.2) is 5.69 Å². The summed E-state index contributed by atoms with van der Waals surface area (Å²) in [5, 5.41) is 0. The summed E-state index contributed by atoms with van der Waals surface area (Å²) in [5.74, 6) is 0.499. The first kappa shape index (κ1) is 26.4. The molecule has 3 rings (SSSR count). The highest BCUT2D eigenvalue weighted by atomic mass is 16.5. The highest BCUT2D eigenvalue weighted by Crippen LogP contribution is 2.24. The number of carbonyl (C=O) groups is 1. The van der Waals surface area contributed by atoms with Crippen molar-refractivity contribution in [3.63, 3.8) is 0 Å². The van der Waals surface area contributed by atoms with Crippen LogP contribution in [0.3, 0.4) is 0 Å². The van der Waals surface area contributed by atoms with E-state index in [0.29, 0.717) is 13.2 Å². The molecule has 0 aliphatic heterocycles. The average molecular weight is 475 g/mol. The molecule has 5 nitrogen and oxygen atoms in total. The molecule has 1 heterocycles. The number of unbranched alkanes of at least 4 members (excludes halogenated alkanes) is 2. The number of aryl methyl sites for hydroxylation is 3. The monoisotopic (exact) mass is 474 g/mol. The molecular formula is C30H38N2O3. The molecule has 0 saturated carbocycles. The molecule has 0 N–H and O–H groups in total. The summed E-state index contributed by atoms with van der Waals surface area (Å²) in [7, 11) is 0. The largest absolute Gasteiger partial charge is 0.494 e. The molecule has 0 bridgehead atoms. The van der Waals surface area contributed by atoms with E-state index < -0.39 is 5.97 Å². The lowest BCUT2D eigenvalue weighted by Gasteiger charge is -2.24. The Bertz CT molecular complexity index is 1020. The van der Waals surface area contributed by atoms with Gasteiger partial charge < -0.3 is 9.47 Å². The quantitative estimate of drug-likeness (QED) is 0.190. The molecule has 1 aromatic heterocycles. The van der Waals surface area contributed by atoms with Crippen LogP contribution in [0.4, 0.5) is 0 Å². The Labute approximate surface area is 209 Å². The summed E-state index contributed by atoms with van der Waals surface area (Å²) in [6.07, 6.45) is 10.6. The van der Waals surface area contributed by atoms with Crippen molar-refractivity contribution in [3.05, 3.63) is 89.5 Å². The van der Waals surface area contributed by atoms with Crippen LogP contribution in [-0.4, -0.2) is 29.2 Å². The maximum atomic E-state index is 12.1. The van der Waals surface area contributed by atoms with Crippen LogP contribution in [0.25, 0.3) is 0 Å². The molecule has 0 spiro atoms. The second-order valence-corrected chi connectivity index (χ2v) is 9.93. The van der Waals surface area contributed by atoms with Crippen LogP contribution in [-0.2, 0) is 17.6 Å². The van der Waals surface area contributed by atoms with E-state index in [9.17, 15) is 4.79 Å². The van der Waals surface area contributed by atoms with Crippen LogP contribution in [0.1, 0.15) is 73.3 Å². The number of hydrogen-bond acceptors (Lipinski definition) is 5. The first-order valence-electron chi connectivity index (χ1n) is 12.6. The van der Waals surface area contributed by atoms with E-state index in [4.69, 9.17) is 9.47 Å². The van der Waals surface area contributed by atoms with Gasteiger partial charge >= 0.3 is 5.97 Å². The van der Waals surface area contributed by atoms with Crippen molar-refractivity contribution in [2.24, 2.45) is 5.41 Å². The van der Waals surface area contributed by atoms with Gasteiger partial charge in [-0.2, -0.15) is 0 Å². The lowest BCUT2D eigenvalue weighted by molar-refractivity contribution is 0.0315. The van der Waals surface area contributed by atoms with Crippen LogP contribution in [0.15, 0.2) is 67.0 Å². The minimum absolute atomic E-state index is 0.101. The molecule has 0 aliphatic rings. The summed E-state index contributed by atoms with van der Waals surface area (Å²) in [5.41, 5.74) is 3.69. The van der Waals surface area contributed by atoms with Gasteiger partial charge in [0, 0.05) is 6.20 Å². The first-order chi connectivity index (χ1) is 16.9. The van der Waals surface area contributed by atoms with Crippen molar-refractivity contribution in [2.45, 2.75) is 65.7 Å². The summed E-state index contributed by atoms with van der Waals surface area (Å²) >= 11 is 0. The molecule has 0 atom stereocenters. The fourth-order valence-electron chi connectivity index (χ4n) is 3.86. The zero-order valence-corrected chi connectivity index (χ0v) is 21.3. The van der Waals surface area contributed by atoms with E-state index in [1.54, 1.807) is 6.20 Å². The second kappa shape index (κ2) is 13.6. The topological polar surface area (TPSA) is 61.3 Å². The number of esters is 1. The van der Waals surface area contributed by atoms with Crippen molar-refractivity contribution >= 4 is 5.97 Å². The minimum Gasteiger partial charge on any atom is -0.494 e. The summed E-state index contributed by atoms with van der Waals surface area (Å²) in [6.45, 7) is 7.10. The average Bonchev–Trinajstić information content (AvgIpc) is 2.87. The normalized spacial score (nSPS) is 11.3. The lowest BCUT2D eigenvalue weighted by Crippen LogP contribution is -2.22. The van der Waals surface area contributed by atoms with Gasteiger partial charge in [-0.15, -0.1) is 0 Å². The molecule has 186 valence electrons. The molecule has 0 unspecified atom stereocenters. The Kier molecular flexibility index (Phi) is 10.3. The number of benzene rings is 2. The molecular weight excluding hydrogens is 436 g/mol. The van der Waals surface area contributed by atoms with E-state index in [-0.39, 0.29) is 11.1 Å². The van der Waals surface area contributed by atoms with Crippen LogP contribution in [0.2, 0.25) is 0 Å². The number of aromatic nitrogens is 2. The SMILES string of the molecule is Cc1cnc(C(=O)OCC(C)(C)CCCCOc2ccc(CCCCc3ccccc3)cc2)cn1. The van der Waals surface area contributed by atoms with Gasteiger partial charge in [0.25, 0.3) is 0 Å². The van der Waals surface area contributed by atoms with Gasteiger partial charge in [-0.1, -0.05) is 56.3 Å². The highest BCUT2D eigenvalue weighted by molar-refractivity contribution is 5.86. The predicted octanol–water partition coefficient (Wildman–Crippen LogP) is 6.78. The molecule has 5 heteroatoms. The van der Waals surface area contributed by atoms with Gasteiger partial charge in [0.1, 0.15) is 5.75 Å². The third-order valence-electron chi connectivity index (χ3n) is 6.05. The molecule has 0 aliphatic carbocycles. The number of nitrogens with zero attached hydrogens (tertiary/aromatic N) is 2. The number of rotatable bonds is 14. The van der Waals surface area contributed by atoms with E-state index in [2.05, 4.69) is 78.4 Å². The number of hydrogen-bond donors (Lipinski definition) is 0. The van der Waals surface area contributed by atoms with Gasteiger partial charge in [-0.3, -0.25) is 4.98 Å². The Morgan fingerprint density at radius 2 is 1.51 bits per heavy atom. The molecule has 0 fully saturated rings. The zero-order chi connectivity index (χ0) is 24.9. The third kappa shape index (κ3) is 9.89. The van der Waals surface area contributed by atoms with Gasteiger partial charge in [-0.05, 0) is 80.5 Å². The van der Waals surface area contributed by atoms with Gasteiger partial charge in [0.05, 0.1) is 25.1 Å². The minimum atomic E-state index is -0.423. The maximum absolute atomic E-state index is 12.1. The first-order valence-corrected chi connectivity index (χ1v) is 12.6. The number of carbonyl (C=O) groups excluding carboxylic acids is 1. The molecule has 2 aromatic carbocycles. The molecule has 0 saturated heterocycles. The smallest absolute Gasteiger partial charge is 0.358 e. The second-order valence-electron chi connectivity index (χ2n) is 9.93. The highest BCUT2D eigenvalue weighted by Gasteiger charge is 2.21. The van der Waals surface area contributed by atoms with Crippen molar-refractivity contribution in [1.29, 1.82) is 0 Å². The molecule has 3 aromatic rings. The van der Waals surface area contributed by atoms with Gasteiger partial charge in [0.2, 0.25) is 0 Å².